The van der Waals surface area contributed by atoms with Gasteiger partial charge in [-0.2, -0.15) is 0 Å². The SMILES string of the molecule is COCCCNC[C@H](C)c1ccccc1. The van der Waals surface area contributed by atoms with E-state index in [2.05, 4.69) is 42.6 Å². The first kappa shape index (κ1) is 12.2. The average Bonchev–Trinajstić information content (AvgIpc) is 2.30. The van der Waals surface area contributed by atoms with Crippen LogP contribution < -0.4 is 5.32 Å². The van der Waals surface area contributed by atoms with E-state index in [0.29, 0.717) is 5.92 Å². The van der Waals surface area contributed by atoms with Crippen LogP contribution in [-0.2, 0) is 4.74 Å². The van der Waals surface area contributed by atoms with Gasteiger partial charge in [0.05, 0.1) is 0 Å². The Kier molecular flexibility index (Phi) is 6.05. The molecule has 0 radical (unpaired) electrons. The Morgan fingerprint density at radius 3 is 2.67 bits per heavy atom. The summed E-state index contributed by atoms with van der Waals surface area (Å²) in [5, 5.41) is 3.44. The van der Waals surface area contributed by atoms with E-state index in [1.54, 1.807) is 7.11 Å². The lowest BCUT2D eigenvalue weighted by Gasteiger charge is -2.12. The number of hydrogen-bond acceptors (Lipinski definition) is 2. The first-order valence-corrected chi connectivity index (χ1v) is 5.59. The second-order valence-electron chi connectivity index (χ2n) is 3.86. The molecule has 0 bridgehead atoms. The quantitative estimate of drug-likeness (QED) is 0.693. The topological polar surface area (TPSA) is 21.3 Å². The number of ether oxygens (including phenoxy) is 1. The molecule has 0 unspecified atom stereocenters. The lowest BCUT2D eigenvalue weighted by Crippen LogP contribution is -2.22. The molecule has 0 saturated carbocycles. The van der Waals surface area contributed by atoms with Crippen molar-refractivity contribution in [3.05, 3.63) is 35.9 Å². The van der Waals surface area contributed by atoms with Crippen LogP contribution in [-0.4, -0.2) is 26.8 Å². The highest BCUT2D eigenvalue weighted by atomic mass is 16.5. The fourth-order valence-electron chi connectivity index (χ4n) is 1.56. The van der Waals surface area contributed by atoms with Crippen LogP contribution >= 0.6 is 0 Å². The summed E-state index contributed by atoms with van der Waals surface area (Å²) in [5.74, 6) is 0.578. The predicted molar refractivity (Wildman–Crippen MR) is 64.2 cm³/mol. The highest BCUT2D eigenvalue weighted by Gasteiger charge is 2.02. The smallest absolute Gasteiger partial charge is 0.0474 e. The molecular weight excluding hydrogens is 186 g/mol. The zero-order valence-corrected chi connectivity index (χ0v) is 9.70. The summed E-state index contributed by atoms with van der Waals surface area (Å²) in [4.78, 5) is 0. The molecule has 0 aliphatic heterocycles. The van der Waals surface area contributed by atoms with Crippen molar-refractivity contribution in [1.29, 1.82) is 0 Å². The summed E-state index contributed by atoms with van der Waals surface area (Å²) < 4.78 is 4.99. The van der Waals surface area contributed by atoms with Gasteiger partial charge in [0.15, 0.2) is 0 Å². The van der Waals surface area contributed by atoms with E-state index in [1.165, 1.54) is 5.56 Å². The van der Waals surface area contributed by atoms with Gasteiger partial charge in [-0.3, -0.25) is 0 Å². The predicted octanol–water partition coefficient (Wildman–Crippen LogP) is 2.42. The Morgan fingerprint density at radius 2 is 2.00 bits per heavy atom. The summed E-state index contributed by atoms with van der Waals surface area (Å²) in [6.07, 6.45) is 1.08. The molecule has 1 N–H and O–H groups in total. The molecular formula is C13H21NO. The molecule has 1 aromatic carbocycles. The lowest BCUT2D eigenvalue weighted by atomic mass is 10.0. The zero-order chi connectivity index (χ0) is 10.9. The minimum Gasteiger partial charge on any atom is -0.385 e. The Hall–Kier alpha value is -0.860. The molecule has 2 nitrogen and oxygen atoms in total. The Balaban J connectivity index is 2.16. The van der Waals surface area contributed by atoms with Gasteiger partial charge in [-0.1, -0.05) is 37.3 Å². The molecule has 2 heteroatoms. The molecule has 0 aliphatic carbocycles. The van der Waals surface area contributed by atoms with Crippen LogP contribution in [0.2, 0.25) is 0 Å². The van der Waals surface area contributed by atoms with E-state index in [-0.39, 0.29) is 0 Å². The van der Waals surface area contributed by atoms with Crippen LogP contribution in [0.25, 0.3) is 0 Å². The second-order valence-corrected chi connectivity index (χ2v) is 3.86. The summed E-state index contributed by atoms with van der Waals surface area (Å²) in [5.41, 5.74) is 1.40. The molecule has 0 aliphatic rings. The van der Waals surface area contributed by atoms with Crippen molar-refractivity contribution < 1.29 is 4.74 Å². The van der Waals surface area contributed by atoms with Crippen molar-refractivity contribution in [2.45, 2.75) is 19.3 Å². The number of benzene rings is 1. The molecule has 1 rings (SSSR count). The third-order valence-corrected chi connectivity index (χ3v) is 2.52. The lowest BCUT2D eigenvalue weighted by molar-refractivity contribution is 0.194. The fourth-order valence-corrected chi connectivity index (χ4v) is 1.56. The Bertz CT molecular complexity index is 248. The van der Waals surface area contributed by atoms with Gasteiger partial charge in [0.1, 0.15) is 0 Å². The van der Waals surface area contributed by atoms with Gasteiger partial charge in [-0.05, 0) is 24.4 Å². The van der Waals surface area contributed by atoms with Crippen LogP contribution in [0.5, 0.6) is 0 Å². The van der Waals surface area contributed by atoms with Crippen molar-refractivity contribution in [3.8, 4) is 0 Å². The van der Waals surface area contributed by atoms with E-state index in [4.69, 9.17) is 4.74 Å². The monoisotopic (exact) mass is 207 g/mol. The van der Waals surface area contributed by atoms with Crippen molar-refractivity contribution in [1.82, 2.24) is 5.32 Å². The maximum atomic E-state index is 4.99. The minimum absolute atomic E-state index is 0.578. The Morgan fingerprint density at radius 1 is 1.27 bits per heavy atom. The molecule has 0 spiro atoms. The number of rotatable bonds is 7. The summed E-state index contributed by atoms with van der Waals surface area (Å²) in [6.45, 7) is 5.16. The second kappa shape index (κ2) is 7.43. The zero-order valence-electron chi connectivity index (χ0n) is 9.70. The average molecular weight is 207 g/mol. The van der Waals surface area contributed by atoms with Gasteiger partial charge in [0.2, 0.25) is 0 Å². The number of methoxy groups -OCH3 is 1. The summed E-state index contributed by atoms with van der Waals surface area (Å²) in [7, 11) is 1.74. The molecule has 15 heavy (non-hydrogen) atoms. The minimum atomic E-state index is 0.578. The normalized spacial score (nSPS) is 12.7. The third kappa shape index (κ3) is 4.96. The largest absolute Gasteiger partial charge is 0.385 e. The maximum absolute atomic E-state index is 4.99. The van der Waals surface area contributed by atoms with E-state index in [0.717, 1.165) is 26.1 Å². The van der Waals surface area contributed by atoms with E-state index in [9.17, 15) is 0 Å². The third-order valence-electron chi connectivity index (χ3n) is 2.52. The van der Waals surface area contributed by atoms with Crippen LogP contribution in [0.1, 0.15) is 24.8 Å². The van der Waals surface area contributed by atoms with Crippen molar-refractivity contribution >= 4 is 0 Å². The van der Waals surface area contributed by atoms with E-state index < -0.39 is 0 Å². The van der Waals surface area contributed by atoms with Crippen LogP contribution in [0.15, 0.2) is 30.3 Å². The molecule has 84 valence electrons. The highest BCUT2D eigenvalue weighted by Crippen LogP contribution is 2.12. The molecule has 1 aromatic rings. The number of hydrogen-bond donors (Lipinski definition) is 1. The van der Waals surface area contributed by atoms with Crippen molar-refractivity contribution in [3.63, 3.8) is 0 Å². The van der Waals surface area contributed by atoms with Crippen LogP contribution in [0, 0.1) is 0 Å². The van der Waals surface area contributed by atoms with Crippen molar-refractivity contribution in [2.75, 3.05) is 26.8 Å². The van der Waals surface area contributed by atoms with Crippen LogP contribution in [0.3, 0.4) is 0 Å². The summed E-state index contributed by atoms with van der Waals surface area (Å²) in [6, 6.07) is 10.6. The van der Waals surface area contributed by atoms with Gasteiger partial charge >= 0.3 is 0 Å². The maximum Gasteiger partial charge on any atom is 0.0474 e. The fraction of sp³-hybridized carbons (Fsp3) is 0.538. The van der Waals surface area contributed by atoms with E-state index >= 15 is 0 Å². The van der Waals surface area contributed by atoms with Gasteiger partial charge in [0.25, 0.3) is 0 Å². The van der Waals surface area contributed by atoms with Crippen LogP contribution in [0.4, 0.5) is 0 Å². The molecule has 1 atom stereocenters. The highest BCUT2D eigenvalue weighted by molar-refractivity contribution is 5.18. The molecule has 0 heterocycles. The number of nitrogens with one attached hydrogen (secondary N) is 1. The molecule has 0 fully saturated rings. The first-order chi connectivity index (χ1) is 7.34. The standard InChI is InChI=1S/C13H21NO/c1-12(11-14-9-6-10-15-2)13-7-4-3-5-8-13/h3-5,7-8,12,14H,6,9-11H2,1-2H3/t12-/m0/s1. The van der Waals surface area contributed by atoms with Crippen molar-refractivity contribution in [2.24, 2.45) is 0 Å². The summed E-state index contributed by atoms with van der Waals surface area (Å²) >= 11 is 0. The van der Waals surface area contributed by atoms with Gasteiger partial charge in [-0.15, -0.1) is 0 Å². The van der Waals surface area contributed by atoms with Gasteiger partial charge < -0.3 is 10.1 Å². The van der Waals surface area contributed by atoms with Gasteiger partial charge in [0, 0.05) is 20.3 Å². The molecule has 0 amide bonds. The first-order valence-electron chi connectivity index (χ1n) is 5.59. The van der Waals surface area contributed by atoms with E-state index in [1.807, 2.05) is 0 Å². The van der Waals surface area contributed by atoms with Gasteiger partial charge in [-0.25, -0.2) is 0 Å². The Labute approximate surface area is 92.6 Å². The molecule has 0 saturated heterocycles. The molecule has 0 aromatic heterocycles.